The number of methoxy groups -OCH3 is 2. The number of ether oxygens (including phenoxy) is 2. The first-order chi connectivity index (χ1) is 12.4. The van der Waals surface area contributed by atoms with Gasteiger partial charge in [0.2, 0.25) is 5.91 Å². The zero-order chi connectivity index (χ0) is 19.1. The van der Waals surface area contributed by atoms with Crippen molar-refractivity contribution in [2.24, 2.45) is 0 Å². The fourth-order valence-corrected chi connectivity index (χ4v) is 2.41. The number of hydrogen-bond acceptors (Lipinski definition) is 5. The molecule has 2 aromatic carbocycles. The predicted molar refractivity (Wildman–Crippen MR) is 97.3 cm³/mol. The molecule has 0 saturated carbocycles. The maximum absolute atomic E-state index is 12.3. The van der Waals surface area contributed by atoms with E-state index in [2.05, 4.69) is 10.1 Å². The van der Waals surface area contributed by atoms with E-state index in [1.165, 1.54) is 32.4 Å². The summed E-state index contributed by atoms with van der Waals surface area (Å²) in [6.45, 7) is 2.00. The van der Waals surface area contributed by atoms with Crippen molar-refractivity contribution in [1.29, 1.82) is 0 Å². The Labute approximate surface area is 152 Å². The van der Waals surface area contributed by atoms with E-state index in [0.29, 0.717) is 6.42 Å². The Morgan fingerprint density at radius 3 is 2.19 bits per heavy atom. The van der Waals surface area contributed by atoms with Gasteiger partial charge in [-0.3, -0.25) is 4.79 Å². The van der Waals surface area contributed by atoms with Crippen LogP contribution in [0.5, 0.6) is 0 Å². The molecule has 2 aromatic rings. The minimum Gasteiger partial charge on any atom is -0.465 e. The number of aryl methyl sites for hydroxylation is 2. The zero-order valence-corrected chi connectivity index (χ0v) is 15.0. The van der Waals surface area contributed by atoms with Crippen LogP contribution in [-0.2, 0) is 20.7 Å². The van der Waals surface area contributed by atoms with Crippen molar-refractivity contribution < 1.29 is 23.9 Å². The fraction of sp³-hybridized carbons (Fsp3) is 0.250. The van der Waals surface area contributed by atoms with Gasteiger partial charge in [0.05, 0.1) is 31.0 Å². The van der Waals surface area contributed by atoms with Crippen molar-refractivity contribution in [3.63, 3.8) is 0 Å². The molecule has 0 fully saturated rings. The van der Waals surface area contributed by atoms with Crippen molar-refractivity contribution in [3.8, 4) is 0 Å². The number of amides is 1. The SMILES string of the molecule is COC(=O)c1ccc(C(=O)OC)c(NC(=O)CCc2ccc(C)cc2)c1. The van der Waals surface area contributed by atoms with Gasteiger partial charge in [0.25, 0.3) is 0 Å². The molecule has 0 saturated heterocycles. The standard InChI is InChI=1S/C20H21NO5/c1-13-4-6-14(7-5-13)8-11-18(22)21-17-12-15(19(23)25-2)9-10-16(17)20(24)26-3/h4-7,9-10,12H,8,11H2,1-3H3,(H,21,22). The summed E-state index contributed by atoms with van der Waals surface area (Å²) in [5.74, 6) is -1.43. The van der Waals surface area contributed by atoms with Gasteiger partial charge < -0.3 is 14.8 Å². The van der Waals surface area contributed by atoms with Gasteiger partial charge in [-0.15, -0.1) is 0 Å². The van der Waals surface area contributed by atoms with Gasteiger partial charge in [-0.1, -0.05) is 29.8 Å². The minimum atomic E-state index is -0.602. The zero-order valence-electron chi connectivity index (χ0n) is 15.0. The molecule has 26 heavy (non-hydrogen) atoms. The number of nitrogens with one attached hydrogen (secondary N) is 1. The van der Waals surface area contributed by atoms with Gasteiger partial charge in [0.15, 0.2) is 0 Å². The van der Waals surface area contributed by atoms with E-state index in [1.807, 2.05) is 31.2 Å². The predicted octanol–water partition coefficient (Wildman–Crippen LogP) is 3.14. The molecule has 0 spiro atoms. The van der Waals surface area contributed by atoms with E-state index in [0.717, 1.165) is 11.1 Å². The molecule has 0 unspecified atom stereocenters. The Morgan fingerprint density at radius 1 is 0.923 bits per heavy atom. The van der Waals surface area contributed by atoms with Gasteiger partial charge in [-0.2, -0.15) is 0 Å². The van der Waals surface area contributed by atoms with Crippen molar-refractivity contribution in [2.75, 3.05) is 19.5 Å². The van der Waals surface area contributed by atoms with Crippen molar-refractivity contribution >= 4 is 23.5 Å². The normalized spacial score (nSPS) is 10.1. The first kappa shape index (κ1) is 19.2. The molecular weight excluding hydrogens is 334 g/mol. The number of benzene rings is 2. The summed E-state index contributed by atoms with van der Waals surface area (Å²) >= 11 is 0. The van der Waals surface area contributed by atoms with E-state index in [1.54, 1.807) is 0 Å². The molecule has 6 heteroatoms. The van der Waals surface area contributed by atoms with E-state index < -0.39 is 11.9 Å². The third kappa shape index (κ3) is 4.92. The summed E-state index contributed by atoms with van der Waals surface area (Å²) in [4.78, 5) is 35.9. The molecule has 2 rings (SSSR count). The maximum atomic E-state index is 12.3. The van der Waals surface area contributed by atoms with E-state index in [9.17, 15) is 14.4 Å². The van der Waals surface area contributed by atoms with Gasteiger partial charge in [0.1, 0.15) is 0 Å². The highest BCUT2D eigenvalue weighted by molar-refractivity contribution is 6.03. The molecule has 0 aliphatic heterocycles. The number of anilines is 1. The third-order valence-corrected chi connectivity index (χ3v) is 3.88. The first-order valence-electron chi connectivity index (χ1n) is 8.10. The molecule has 1 amide bonds. The summed E-state index contributed by atoms with van der Waals surface area (Å²) in [5.41, 5.74) is 2.81. The second kappa shape index (κ2) is 8.80. The van der Waals surface area contributed by atoms with Gasteiger partial charge >= 0.3 is 11.9 Å². The van der Waals surface area contributed by atoms with E-state index >= 15 is 0 Å². The van der Waals surface area contributed by atoms with Crippen LogP contribution in [-0.4, -0.2) is 32.1 Å². The van der Waals surface area contributed by atoms with E-state index in [4.69, 9.17) is 4.74 Å². The summed E-state index contributed by atoms with van der Waals surface area (Å²) in [6.07, 6.45) is 0.808. The van der Waals surface area contributed by atoms with Crippen LogP contribution in [0.25, 0.3) is 0 Å². The Hall–Kier alpha value is -3.15. The van der Waals surface area contributed by atoms with Crippen LogP contribution < -0.4 is 5.32 Å². The maximum Gasteiger partial charge on any atom is 0.339 e. The summed E-state index contributed by atoms with van der Waals surface area (Å²) in [7, 11) is 2.51. The third-order valence-electron chi connectivity index (χ3n) is 3.88. The lowest BCUT2D eigenvalue weighted by Gasteiger charge is -2.11. The minimum absolute atomic E-state index is 0.170. The van der Waals surface area contributed by atoms with Crippen LogP contribution in [0.4, 0.5) is 5.69 Å². The summed E-state index contributed by atoms with van der Waals surface area (Å²) in [6, 6.07) is 12.2. The number of esters is 2. The molecule has 6 nitrogen and oxygen atoms in total. The second-order valence-electron chi connectivity index (χ2n) is 5.78. The number of carbonyl (C=O) groups is 3. The molecule has 1 N–H and O–H groups in total. The highest BCUT2D eigenvalue weighted by Crippen LogP contribution is 2.20. The van der Waals surface area contributed by atoms with Gasteiger partial charge in [0, 0.05) is 6.42 Å². The van der Waals surface area contributed by atoms with Crippen LogP contribution >= 0.6 is 0 Å². The van der Waals surface area contributed by atoms with Crippen molar-refractivity contribution in [1.82, 2.24) is 0 Å². The highest BCUT2D eigenvalue weighted by atomic mass is 16.5. The number of rotatable bonds is 6. The average Bonchev–Trinajstić information content (AvgIpc) is 2.66. The molecular formula is C20H21NO5. The number of carbonyl (C=O) groups excluding carboxylic acids is 3. The molecule has 0 radical (unpaired) electrons. The molecule has 136 valence electrons. The largest absolute Gasteiger partial charge is 0.465 e. The van der Waals surface area contributed by atoms with Crippen molar-refractivity contribution in [3.05, 3.63) is 64.7 Å². The second-order valence-corrected chi connectivity index (χ2v) is 5.78. The lowest BCUT2D eigenvalue weighted by Crippen LogP contribution is -2.16. The van der Waals surface area contributed by atoms with Crippen molar-refractivity contribution in [2.45, 2.75) is 19.8 Å². The number of hydrogen-bond donors (Lipinski definition) is 1. The monoisotopic (exact) mass is 355 g/mol. The Balaban J connectivity index is 2.14. The molecule has 0 bridgehead atoms. The summed E-state index contributed by atoms with van der Waals surface area (Å²) in [5, 5.41) is 2.68. The Morgan fingerprint density at radius 2 is 1.58 bits per heavy atom. The van der Waals surface area contributed by atoms with Crippen LogP contribution in [0.2, 0.25) is 0 Å². The highest BCUT2D eigenvalue weighted by Gasteiger charge is 2.17. The fourth-order valence-electron chi connectivity index (χ4n) is 2.41. The molecule has 0 heterocycles. The first-order valence-corrected chi connectivity index (χ1v) is 8.10. The van der Waals surface area contributed by atoms with Crippen LogP contribution in [0, 0.1) is 6.92 Å². The van der Waals surface area contributed by atoms with Crippen LogP contribution in [0.3, 0.4) is 0 Å². The Bertz CT molecular complexity index is 811. The molecule has 0 aliphatic rings. The Kier molecular flexibility index (Phi) is 6.49. The quantitative estimate of drug-likeness (QED) is 0.805. The molecule has 0 atom stereocenters. The lowest BCUT2D eigenvalue weighted by atomic mass is 10.1. The van der Waals surface area contributed by atoms with E-state index in [-0.39, 0.29) is 29.1 Å². The lowest BCUT2D eigenvalue weighted by molar-refractivity contribution is -0.116. The van der Waals surface area contributed by atoms with Gasteiger partial charge in [-0.05, 0) is 37.1 Å². The average molecular weight is 355 g/mol. The van der Waals surface area contributed by atoms with Gasteiger partial charge in [-0.25, -0.2) is 9.59 Å². The van der Waals surface area contributed by atoms with Crippen LogP contribution in [0.1, 0.15) is 38.3 Å². The molecule has 0 aliphatic carbocycles. The smallest absolute Gasteiger partial charge is 0.339 e. The topological polar surface area (TPSA) is 81.7 Å². The summed E-state index contributed by atoms with van der Waals surface area (Å²) < 4.78 is 9.39. The van der Waals surface area contributed by atoms with Crippen LogP contribution in [0.15, 0.2) is 42.5 Å². The molecule has 0 aromatic heterocycles.